The van der Waals surface area contributed by atoms with Gasteiger partial charge < -0.3 is 10.4 Å². The summed E-state index contributed by atoms with van der Waals surface area (Å²) in [5.74, 6) is 0.523. The van der Waals surface area contributed by atoms with E-state index in [4.69, 9.17) is 0 Å². The van der Waals surface area contributed by atoms with Gasteiger partial charge in [0.25, 0.3) is 0 Å². The molecule has 2 unspecified atom stereocenters. The number of aliphatic hydroxyl groups is 1. The van der Waals surface area contributed by atoms with Crippen molar-refractivity contribution in [1.82, 2.24) is 5.32 Å². The predicted molar refractivity (Wildman–Crippen MR) is 37.3 cm³/mol. The van der Waals surface area contributed by atoms with Crippen LogP contribution in [0.2, 0.25) is 0 Å². The van der Waals surface area contributed by atoms with E-state index in [2.05, 4.69) is 5.32 Å². The van der Waals surface area contributed by atoms with E-state index in [1.807, 2.05) is 6.92 Å². The Kier molecular flexibility index (Phi) is 2.49. The predicted octanol–water partition coefficient (Wildman–Crippen LogP) is 0.367. The normalized spacial score (nSPS) is 30.7. The molecule has 0 aromatic rings. The Morgan fingerprint density at radius 1 is 1.78 bits per heavy atom. The molecule has 1 heterocycles. The molecule has 0 saturated carbocycles. The first kappa shape index (κ1) is 7.03. The molecule has 2 nitrogen and oxygen atoms in total. The summed E-state index contributed by atoms with van der Waals surface area (Å²) >= 11 is 0. The highest BCUT2D eigenvalue weighted by Gasteiger charge is 2.20. The van der Waals surface area contributed by atoms with Gasteiger partial charge in [0.2, 0.25) is 0 Å². The van der Waals surface area contributed by atoms with Crippen molar-refractivity contribution >= 4 is 0 Å². The summed E-state index contributed by atoms with van der Waals surface area (Å²) in [6, 6.07) is 0. The first-order chi connectivity index (χ1) is 4.34. The fourth-order valence-electron chi connectivity index (χ4n) is 1.34. The summed E-state index contributed by atoms with van der Waals surface area (Å²) in [5, 5.41) is 12.5. The summed E-state index contributed by atoms with van der Waals surface area (Å²) in [6.45, 7) is 4.12. The van der Waals surface area contributed by atoms with Crippen LogP contribution in [0.4, 0.5) is 0 Å². The Morgan fingerprint density at radius 2 is 2.56 bits per heavy atom. The smallest absolute Gasteiger partial charge is 0.0578 e. The molecule has 1 fully saturated rings. The molecule has 1 saturated heterocycles. The van der Waals surface area contributed by atoms with Gasteiger partial charge in [-0.15, -0.1) is 0 Å². The van der Waals surface area contributed by atoms with Crippen LogP contribution in [0.25, 0.3) is 0 Å². The Bertz CT molecular complexity index is 79.0. The molecule has 0 bridgehead atoms. The van der Waals surface area contributed by atoms with E-state index in [-0.39, 0.29) is 6.10 Å². The maximum Gasteiger partial charge on any atom is 0.0578 e. The highest BCUT2D eigenvalue weighted by atomic mass is 16.3. The van der Waals surface area contributed by atoms with Crippen molar-refractivity contribution in [2.24, 2.45) is 5.92 Å². The highest BCUT2D eigenvalue weighted by molar-refractivity contribution is 4.76. The Hall–Kier alpha value is -0.0800. The molecule has 0 aliphatic carbocycles. The lowest BCUT2D eigenvalue weighted by Crippen LogP contribution is -2.21. The number of rotatable bonds is 2. The molecular formula is C7H15NO. The van der Waals surface area contributed by atoms with Gasteiger partial charge >= 0.3 is 0 Å². The minimum atomic E-state index is -0.0694. The van der Waals surface area contributed by atoms with E-state index in [0.717, 1.165) is 25.9 Å². The average molecular weight is 129 g/mol. The van der Waals surface area contributed by atoms with E-state index in [1.165, 1.54) is 0 Å². The van der Waals surface area contributed by atoms with Crippen LogP contribution in [-0.4, -0.2) is 24.3 Å². The summed E-state index contributed by atoms with van der Waals surface area (Å²) in [7, 11) is 0. The third kappa shape index (κ3) is 1.66. The Balaban J connectivity index is 2.24. The standard InChI is InChI=1S/C7H15NO/c1-2-7(9)6-3-4-8-5-6/h6-9H,2-5H2,1H3. The number of aliphatic hydroxyl groups excluding tert-OH is 1. The van der Waals surface area contributed by atoms with Crippen LogP contribution in [-0.2, 0) is 0 Å². The zero-order valence-electron chi connectivity index (χ0n) is 5.93. The van der Waals surface area contributed by atoms with Gasteiger partial charge in [-0.1, -0.05) is 6.92 Å². The Labute approximate surface area is 56.3 Å². The van der Waals surface area contributed by atoms with Crippen molar-refractivity contribution in [2.45, 2.75) is 25.9 Å². The number of nitrogens with one attached hydrogen (secondary N) is 1. The van der Waals surface area contributed by atoms with E-state index in [0.29, 0.717) is 5.92 Å². The first-order valence-corrected chi connectivity index (χ1v) is 3.73. The van der Waals surface area contributed by atoms with Crippen molar-refractivity contribution in [1.29, 1.82) is 0 Å². The molecule has 1 aliphatic rings. The fraction of sp³-hybridized carbons (Fsp3) is 1.00. The highest BCUT2D eigenvalue weighted by Crippen LogP contribution is 2.14. The first-order valence-electron chi connectivity index (χ1n) is 3.73. The minimum Gasteiger partial charge on any atom is -0.393 e. The molecule has 0 amide bonds. The van der Waals surface area contributed by atoms with Crippen LogP contribution in [0.3, 0.4) is 0 Å². The van der Waals surface area contributed by atoms with E-state index in [1.54, 1.807) is 0 Å². The summed E-state index contributed by atoms with van der Waals surface area (Å²) in [5.41, 5.74) is 0. The largest absolute Gasteiger partial charge is 0.393 e. The van der Waals surface area contributed by atoms with Crippen LogP contribution < -0.4 is 5.32 Å². The topological polar surface area (TPSA) is 32.3 Å². The van der Waals surface area contributed by atoms with E-state index < -0.39 is 0 Å². The van der Waals surface area contributed by atoms with Gasteiger partial charge in [-0.2, -0.15) is 0 Å². The molecule has 0 radical (unpaired) electrons. The summed E-state index contributed by atoms with van der Waals surface area (Å²) in [6.07, 6.45) is 1.97. The molecule has 2 N–H and O–H groups in total. The molecule has 1 rings (SSSR count). The average Bonchev–Trinajstić information content (AvgIpc) is 2.37. The molecule has 2 heteroatoms. The van der Waals surface area contributed by atoms with Crippen molar-refractivity contribution in [3.05, 3.63) is 0 Å². The maximum absolute atomic E-state index is 9.32. The van der Waals surface area contributed by atoms with Crippen LogP contribution in [0, 0.1) is 5.92 Å². The Morgan fingerprint density at radius 3 is 3.00 bits per heavy atom. The third-order valence-electron chi connectivity index (χ3n) is 2.06. The van der Waals surface area contributed by atoms with Gasteiger partial charge in [-0.25, -0.2) is 0 Å². The van der Waals surface area contributed by atoms with Crippen molar-refractivity contribution < 1.29 is 5.11 Å². The van der Waals surface area contributed by atoms with Gasteiger partial charge in [0.1, 0.15) is 0 Å². The van der Waals surface area contributed by atoms with Crippen molar-refractivity contribution in [2.75, 3.05) is 13.1 Å². The second-order valence-electron chi connectivity index (χ2n) is 2.73. The van der Waals surface area contributed by atoms with Crippen molar-refractivity contribution in [3.63, 3.8) is 0 Å². The quantitative estimate of drug-likeness (QED) is 0.564. The molecule has 54 valence electrons. The minimum absolute atomic E-state index is 0.0694. The van der Waals surface area contributed by atoms with Gasteiger partial charge in [-0.3, -0.25) is 0 Å². The van der Waals surface area contributed by atoms with E-state index >= 15 is 0 Å². The second kappa shape index (κ2) is 3.18. The van der Waals surface area contributed by atoms with Crippen LogP contribution >= 0.6 is 0 Å². The number of hydrogen-bond donors (Lipinski definition) is 2. The lowest BCUT2D eigenvalue weighted by molar-refractivity contribution is 0.113. The number of hydrogen-bond acceptors (Lipinski definition) is 2. The summed E-state index contributed by atoms with van der Waals surface area (Å²) < 4.78 is 0. The van der Waals surface area contributed by atoms with Gasteiger partial charge in [0.15, 0.2) is 0 Å². The molecule has 9 heavy (non-hydrogen) atoms. The molecule has 2 atom stereocenters. The van der Waals surface area contributed by atoms with Crippen LogP contribution in [0.15, 0.2) is 0 Å². The summed E-state index contributed by atoms with van der Waals surface area (Å²) in [4.78, 5) is 0. The van der Waals surface area contributed by atoms with Gasteiger partial charge in [0, 0.05) is 6.54 Å². The monoisotopic (exact) mass is 129 g/mol. The molecule has 0 aromatic heterocycles. The molecule has 1 aliphatic heterocycles. The zero-order valence-corrected chi connectivity index (χ0v) is 5.93. The molecule has 0 spiro atoms. The zero-order chi connectivity index (χ0) is 6.69. The van der Waals surface area contributed by atoms with Gasteiger partial charge in [-0.05, 0) is 25.3 Å². The van der Waals surface area contributed by atoms with Crippen LogP contribution in [0.5, 0.6) is 0 Å². The third-order valence-corrected chi connectivity index (χ3v) is 2.06. The van der Waals surface area contributed by atoms with Crippen LogP contribution in [0.1, 0.15) is 19.8 Å². The lowest BCUT2D eigenvalue weighted by atomic mass is 10.0. The molecular weight excluding hydrogens is 114 g/mol. The second-order valence-corrected chi connectivity index (χ2v) is 2.73. The lowest BCUT2D eigenvalue weighted by Gasteiger charge is -2.13. The molecule has 0 aromatic carbocycles. The van der Waals surface area contributed by atoms with Gasteiger partial charge in [0.05, 0.1) is 6.10 Å². The van der Waals surface area contributed by atoms with Crippen molar-refractivity contribution in [3.8, 4) is 0 Å². The fourth-order valence-corrected chi connectivity index (χ4v) is 1.34. The maximum atomic E-state index is 9.32. The van der Waals surface area contributed by atoms with E-state index in [9.17, 15) is 5.11 Å². The SMILES string of the molecule is CCC(O)C1CCNC1.